The van der Waals surface area contributed by atoms with Crippen molar-refractivity contribution >= 4 is 44.8 Å². The van der Waals surface area contributed by atoms with Crippen molar-refractivity contribution in [2.75, 3.05) is 11.1 Å². The molecule has 0 radical (unpaired) electrons. The third-order valence-corrected chi connectivity index (χ3v) is 4.89. The molecule has 0 saturated carbocycles. The second kappa shape index (κ2) is 6.52. The van der Waals surface area contributed by atoms with Gasteiger partial charge in [0.05, 0.1) is 11.3 Å². The molecule has 0 unspecified atom stereocenters. The summed E-state index contributed by atoms with van der Waals surface area (Å²) in [5, 5.41) is 12.5. The van der Waals surface area contributed by atoms with E-state index < -0.39 is 5.97 Å². The maximum Gasteiger partial charge on any atom is 0.335 e. The summed E-state index contributed by atoms with van der Waals surface area (Å²) in [6, 6.07) is 9.86. The molecule has 0 spiro atoms. The Balaban J connectivity index is 1.93. The van der Waals surface area contributed by atoms with Crippen LogP contribution < -0.4 is 11.1 Å². The van der Waals surface area contributed by atoms with Gasteiger partial charge in [0.2, 0.25) is 0 Å². The summed E-state index contributed by atoms with van der Waals surface area (Å²) in [6.45, 7) is 4.10. The fourth-order valence-corrected chi connectivity index (χ4v) is 3.42. The molecular formula is C18H17N3O3S. The van der Waals surface area contributed by atoms with Crippen molar-refractivity contribution in [1.29, 1.82) is 0 Å². The fourth-order valence-electron chi connectivity index (χ4n) is 2.42. The number of hydrogen-bond acceptors (Lipinski definition) is 5. The smallest absolute Gasteiger partial charge is 0.335 e. The Bertz CT molecular complexity index is 979. The molecule has 0 atom stereocenters. The monoisotopic (exact) mass is 355 g/mol. The molecule has 1 aromatic carbocycles. The number of nitrogen functional groups attached to an aromatic ring is 1. The van der Waals surface area contributed by atoms with E-state index in [4.69, 9.17) is 10.8 Å². The molecule has 0 aliphatic heterocycles. The van der Waals surface area contributed by atoms with Crippen molar-refractivity contribution < 1.29 is 14.7 Å². The SMILES string of the molecule is CC(C)c1ccc2c(N)c(C(=O)Nc3cccc(C(=O)O)c3)sc2n1. The van der Waals surface area contributed by atoms with Crippen molar-refractivity contribution in [2.24, 2.45) is 0 Å². The molecule has 0 bridgehead atoms. The van der Waals surface area contributed by atoms with E-state index in [1.807, 2.05) is 26.0 Å². The number of thiophene rings is 1. The number of nitrogens with two attached hydrogens (primary N) is 1. The van der Waals surface area contributed by atoms with Gasteiger partial charge >= 0.3 is 5.97 Å². The van der Waals surface area contributed by atoms with Gasteiger partial charge in [0.15, 0.2) is 0 Å². The minimum Gasteiger partial charge on any atom is -0.478 e. The molecule has 0 aliphatic rings. The Morgan fingerprint density at radius 2 is 2.00 bits per heavy atom. The van der Waals surface area contributed by atoms with Crippen LogP contribution in [-0.2, 0) is 0 Å². The van der Waals surface area contributed by atoms with Crippen molar-refractivity contribution in [3.8, 4) is 0 Å². The van der Waals surface area contributed by atoms with Crippen LogP contribution in [0.1, 0.15) is 45.5 Å². The first-order valence-corrected chi connectivity index (χ1v) is 8.52. The van der Waals surface area contributed by atoms with E-state index in [2.05, 4.69) is 10.3 Å². The number of nitrogens with one attached hydrogen (secondary N) is 1. The van der Waals surface area contributed by atoms with Crippen LogP contribution in [0.3, 0.4) is 0 Å². The summed E-state index contributed by atoms with van der Waals surface area (Å²) >= 11 is 1.23. The zero-order valence-electron chi connectivity index (χ0n) is 13.7. The van der Waals surface area contributed by atoms with Gasteiger partial charge in [-0.25, -0.2) is 9.78 Å². The minimum atomic E-state index is -1.05. The van der Waals surface area contributed by atoms with Crippen molar-refractivity contribution in [2.45, 2.75) is 19.8 Å². The predicted octanol–water partition coefficient (Wildman–Crippen LogP) is 3.95. The van der Waals surface area contributed by atoms with Gasteiger partial charge in [-0.2, -0.15) is 0 Å². The molecular weight excluding hydrogens is 338 g/mol. The van der Waals surface area contributed by atoms with Crippen molar-refractivity contribution in [3.05, 3.63) is 52.5 Å². The number of carboxylic acid groups (broad SMARTS) is 1. The van der Waals surface area contributed by atoms with Crippen LogP contribution in [0.15, 0.2) is 36.4 Å². The van der Waals surface area contributed by atoms with E-state index in [9.17, 15) is 9.59 Å². The number of rotatable bonds is 4. The number of anilines is 2. The fraction of sp³-hybridized carbons (Fsp3) is 0.167. The van der Waals surface area contributed by atoms with Gasteiger partial charge in [0.1, 0.15) is 9.71 Å². The highest BCUT2D eigenvalue weighted by Crippen LogP contribution is 2.34. The van der Waals surface area contributed by atoms with Gasteiger partial charge in [0, 0.05) is 16.8 Å². The third kappa shape index (κ3) is 3.32. The maximum atomic E-state index is 12.5. The largest absolute Gasteiger partial charge is 0.478 e. The Kier molecular flexibility index (Phi) is 4.41. The van der Waals surface area contributed by atoms with E-state index in [1.54, 1.807) is 12.1 Å². The summed E-state index contributed by atoms with van der Waals surface area (Å²) in [7, 11) is 0. The first-order chi connectivity index (χ1) is 11.9. The number of aromatic carboxylic acids is 1. The molecule has 3 aromatic rings. The number of carbonyl (C=O) groups is 2. The lowest BCUT2D eigenvalue weighted by molar-refractivity contribution is 0.0696. The first-order valence-electron chi connectivity index (χ1n) is 7.70. The van der Waals surface area contributed by atoms with Crippen LogP contribution in [0.4, 0.5) is 11.4 Å². The molecule has 3 rings (SSSR count). The molecule has 7 heteroatoms. The zero-order valence-corrected chi connectivity index (χ0v) is 14.6. The van der Waals surface area contributed by atoms with Crippen LogP contribution in [0.5, 0.6) is 0 Å². The first kappa shape index (κ1) is 16.9. The lowest BCUT2D eigenvalue weighted by atomic mass is 10.1. The van der Waals surface area contributed by atoms with E-state index >= 15 is 0 Å². The minimum absolute atomic E-state index is 0.102. The molecule has 0 saturated heterocycles. The van der Waals surface area contributed by atoms with E-state index in [-0.39, 0.29) is 17.4 Å². The molecule has 25 heavy (non-hydrogen) atoms. The number of carbonyl (C=O) groups excluding carboxylic acids is 1. The lowest BCUT2D eigenvalue weighted by Crippen LogP contribution is -2.12. The number of aromatic nitrogens is 1. The second-order valence-electron chi connectivity index (χ2n) is 5.93. The Hall–Kier alpha value is -2.93. The summed E-state index contributed by atoms with van der Waals surface area (Å²) in [5.74, 6) is -1.15. The van der Waals surface area contributed by atoms with Crippen molar-refractivity contribution in [1.82, 2.24) is 4.98 Å². The highest BCUT2D eigenvalue weighted by Gasteiger charge is 2.18. The number of carboxylic acids is 1. The lowest BCUT2D eigenvalue weighted by Gasteiger charge is -2.05. The highest BCUT2D eigenvalue weighted by atomic mass is 32.1. The molecule has 0 fully saturated rings. The Morgan fingerprint density at radius 1 is 1.24 bits per heavy atom. The number of hydrogen-bond donors (Lipinski definition) is 3. The number of benzene rings is 1. The number of pyridine rings is 1. The third-order valence-electron chi connectivity index (χ3n) is 3.78. The second-order valence-corrected chi connectivity index (χ2v) is 6.93. The van der Waals surface area contributed by atoms with Crippen LogP contribution in [0.25, 0.3) is 10.2 Å². The van der Waals surface area contributed by atoms with Crippen LogP contribution >= 0.6 is 11.3 Å². The standard InChI is InChI=1S/C18H17N3O3S/c1-9(2)13-7-6-12-14(19)15(25-17(12)21-13)16(22)20-11-5-3-4-10(8-11)18(23)24/h3-9H,19H2,1-2H3,(H,20,22)(H,23,24). The molecule has 2 aromatic heterocycles. The van der Waals surface area contributed by atoms with Gasteiger partial charge in [-0.1, -0.05) is 19.9 Å². The van der Waals surface area contributed by atoms with Crippen molar-refractivity contribution in [3.63, 3.8) is 0 Å². The summed E-state index contributed by atoms with van der Waals surface area (Å²) < 4.78 is 0. The highest BCUT2D eigenvalue weighted by molar-refractivity contribution is 7.21. The van der Waals surface area contributed by atoms with Gasteiger partial charge in [-0.15, -0.1) is 11.3 Å². The zero-order chi connectivity index (χ0) is 18.1. The number of nitrogens with zero attached hydrogens (tertiary/aromatic N) is 1. The van der Waals surface area contributed by atoms with Gasteiger partial charge in [-0.3, -0.25) is 4.79 Å². The topological polar surface area (TPSA) is 105 Å². The quantitative estimate of drug-likeness (QED) is 0.657. The summed E-state index contributed by atoms with van der Waals surface area (Å²) in [5.41, 5.74) is 7.94. The summed E-state index contributed by atoms with van der Waals surface area (Å²) in [6.07, 6.45) is 0. The molecule has 4 N–H and O–H groups in total. The van der Waals surface area contributed by atoms with E-state index in [0.717, 1.165) is 11.1 Å². The predicted molar refractivity (Wildman–Crippen MR) is 99.5 cm³/mol. The Labute approximate surface area is 148 Å². The van der Waals surface area contributed by atoms with Crippen LogP contribution in [-0.4, -0.2) is 22.0 Å². The number of amides is 1. The molecule has 1 amide bonds. The maximum absolute atomic E-state index is 12.5. The van der Waals surface area contributed by atoms with Gasteiger partial charge in [0.25, 0.3) is 5.91 Å². The number of fused-ring (bicyclic) bond motifs is 1. The van der Waals surface area contributed by atoms with Crippen LogP contribution in [0.2, 0.25) is 0 Å². The van der Waals surface area contributed by atoms with E-state index in [0.29, 0.717) is 21.1 Å². The molecule has 0 aliphatic carbocycles. The Morgan fingerprint density at radius 3 is 2.68 bits per heavy atom. The van der Waals surface area contributed by atoms with Crippen LogP contribution in [0, 0.1) is 0 Å². The molecule has 128 valence electrons. The van der Waals surface area contributed by atoms with Gasteiger partial charge < -0.3 is 16.2 Å². The average Bonchev–Trinajstić information content (AvgIpc) is 2.91. The normalized spacial score (nSPS) is 11.0. The average molecular weight is 355 g/mol. The van der Waals surface area contributed by atoms with E-state index in [1.165, 1.54) is 23.5 Å². The van der Waals surface area contributed by atoms with Gasteiger partial charge in [-0.05, 0) is 36.2 Å². The molecule has 2 heterocycles. The summed E-state index contributed by atoms with van der Waals surface area (Å²) in [4.78, 5) is 29.2. The molecule has 6 nitrogen and oxygen atoms in total.